The average Bonchev–Trinajstić information content (AvgIpc) is 3.37. The van der Waals surface area contributed by atoms with E-state index in [2.05, 4.69) is 25.5 Å². The summed E-state index contributed by atoms with van der Waals surface area (Å²) in [5.41, 5.74) is 1.12. The van der Waals surface area contributed by atoms with Crippen molar-refractivity contribution in [2.75, 3.05) is 25.0 Å². The molecule has 2 fully saturated rings. The van der Waals surface area contributed by atoms with E-state index in [0.29, 0.717) is 12.6 Å². The van der Waals surface area contributed by atoms with Crippen LogP contribution in [0.4, 0.5) is 5.95 Å². The Bertz CT molecular complexity index is 485. The molecule has 6 nitrogen and oxygen atoms in total. The zero-order chi connectivity index (χ0) is 14.7. The lowest BCUT2D eigenvalue weighted by Gasteiger charge is -2.31. The number of hydrogen-bond donors (Lipinski definition) is 2. The van der Waals surface area contributed by atoms with E-state index >= 15 is 0 Å². The molecular weight excluding hydrogens is 266 g/mol. The standard InChI is InChI=1S/C15H23N5O/c1-16-14(21)12-3-2-6-20(10-12)15-18-8-11(9-19-15)7-17-13-4-5-13/h8-9,12-13,17H,2-7,10H2,1H3,(H,16,21). The van der Waals surface area contributed by atoms with Gasteiger partial charge in [-0.15, -0.1) is 0 Å². The molecule has 114 valence electrons. The van der Waals surface area contributed by atoms with Crippen LogP contribution in [0.1, 0.15) is 31.2 Å². The van der Waals surface area contributed by atoms with E-state index in [4.69, 9.17) is 0 Å². The first-order chi connectivity index (χ1) is 10.3. The maximum atomic E-state index is 11.8. The molecule has 3 rings (SSSR count). The number of nitrogens with one attached hydrogen (secondary N) is 2. The summed E-state index contributed by atoms with van der Waals surface area (Å²) in [6.07, 6.45) is 8.30. The molecule has 1 aliphatic carbocycles. The van der Waals surface area contributed by atoms with E-state index in [1.807, 2.05) is 12.4 Å². The van der Waals surface area contributed by atoms with Crippen molar-refractivity contribution >= 4 is 11.9 Å². The van der Waals surface area contributed by atoms with Crippen molar-refractivity contribution < 1.29 is 4.79 Å². The Morgan fingerprint density at radius 3 is 2.76 bits per heavy atom. The molecule has 0 spiro atoms. The van der Waals surface area contributed by atoms with Crippen LogP contribution in [0, 0.1) is 5.92 Å². The van der Waals surface area contributed by atoms with Gasteiger partial charge in [0, 0.05) is 50.7 Å². The van der Waals surface area contributed by atoms with Gasteiger partial charge in [-0.3, -0.25) is 4.79 Å². The van der Waals surface area contributed by atoms with Gasteiger partial charge in [-0.05, 0) is 25.7 Å². The number of hydrogen-bond acceptors (Lipinski definition) is 5. The number of anilines is 1. The highest BCUT2D eigenvalue weighted by molar-refractivity contribution is 5.79. The van der Waals surface area contributed by atoms with Crippen LogP contribution in [-0.4, -0.2) is 42.1 Å². The summed E-state index contributed by atoms with van der Waals surface area (Å²) in [5, 5.41) is 6.19. The monoisotopic (exact) mass is 289 g/mol. The van der Waals surface area contributed by atoms with Crippen molar-refractivity contribution in [3.05, 3.63) is 18.0 Å². The van der Waals surface area contributed by atoms with Crippen molar-refractivity contribution in [1.82, 2.24) is 20.6 Å². The molecule has 1 aromatic rings. The number of carbonyl (C=O) groups excluding carboxylic acids is 1. The van der Waals surface area contributed by atoms with Crippen molar-refractivity contribution in [2.24, 2.45) is 5.92 Å². The van der Waals surface area contributed by atoms with Crippen LogP contribution >= 0.6 is 0 Å². The number of amides is 1. The van der Waals surface area contributed by atoms with E-state index in [1.165, 1.54) is 12.8 Å². The molecule has 1 aliphatic heterocycles. The zero-order valence-corrected chi connectivity index (χ0v) is 12.5. The summed E-state index contributed by atoms with van der Waals surface area (Å²) < 4.78 is 0. The third-order valence-corrected chi connectivity index (χ3v) is 4.19. The summed E-state index contributed by atoms with van der Waals surface area (Å²) in [7, 11) is 1.69. The molecular formula is C15H23N5O. The van der Waals surface area contributed by atoms with Gasteiger partial charge in [0.15, 0.2) is 0 Å². The van der Waals surface area contributed by atoms with Crippen LogP contribution in [0.15, 0.2) is 12.4 Å². The fraction of sp³-hybridized carbons (Fsp3) is 0.667. The maximum absolute atomic E-state index is 11.8. The molecule has 6 heteroatoms. The Balaban J connectivity index is 1.58. The summed E-state index contributed by atoms with van der Waals surface area (Å²) in [6, 6.07) is 0.695. The Morgan fingerprint density at radius 1 is 1.33 bits per heavy atom. The van der Waals surface area contributed by atoms with Gasteiger partial charge in [-0.1, -0.05) is 0 Å². The SMILES string of the molecule is CNC(=O)C1CCCN(c2ncc(CNC3CC3)cn2)C1. The van der Waals surface area contributed by atoms with Crippen LogP contribution in [0.5, 0.6) is 0 Å². The fourth-order valence-corrected chi connectivity index (χ4v) is 2.73. The summed E-state index contributed by atoms with van der Waals surface area (Å²) in [5.74, 6) is 0.896. The summed E-state index contributed by atoms with van der Waals surface area (Å²) in [6.45, 7) is 2.47. The van der Waals surface area contributed by atoms with Crippen molar-refractivity contribution in [3.63, 3.8) is 0 Å². The molecule has 0 radical (unpaired) electrons. The molecule has 1 saturated heterocycles. The Kier molecular flexibility index (Phi) is 4.34. The minimum atomic E-state index is 0.0450. The van der Waals surface area contributed by atoms with Gasteiger partial charge < -0.3 is 15.5 Å². The quantitative estimate of drug-likeness (QED) is 0.834. The first-order valence-electron chi connectivity index (χ1n) is 7.77. The Morgan fingerprint density at radius 2 is 2.10 bits per heavy atom. The minimum absolute atomic E-state index is 0.0450. The highest BCUT2D eigenvalue weighted by Crippen LogP contribution is 2.21. The van der Waals surface area contributed by atoms with E-state index in [1.54, 1.807) is 7.05 Å². The van der Waals surface area contributed by atoms with Gasteiger partial charge in [0.2, 0.25) is 11.9 Å². The van der Waals surface area contributed by atoms with E-state index in [0.717, 1.165) is 37.4 Å². The van der Waals surface area contributed by atoms with E-state index < -0.39 is 0 Å². The predicted octanol–water partition coefficient (Wildman–Crippen LogP) is 0.691. The van der Waals surface area contributed by atoms with Crippen LogP contribution < -0.4 is 15.5 Å². The van der Waals surface area contributed by atoms with Crippen molar-refractivity contribution in [3.8, 4) is 0 Å². The van der Waals surface area contributed by atoms with Crippen LogP contribution in [-0.2, 0) is 11.3 Å². The van der Waals surface area contributed by atoms with Gasteiger partial charge in [-0.25, -0.2) is 9.97 Å². The van der Waals surface area contributed by atoms with Gasteiger partial charge in [0.25, 0.3) is 0 Å². The van der Waals surface area contributed by atoms with Crippen LogP contribution in [0.3, 0.4) is 0 Å². The van der Waals surface area contributed by atoms with E-state index in [9.17, 15) is 4.79 Å². The molecule has 2 aliphatic rings. The average molecular weight is 289 g/mol. The van der Waals surface area contributed by atoms with Gasteiger partial charge >= 0.3 is 0 Å². The third kappa shape index (κ3) is 3.69. The number of carbonyl (C=O) groups is 1. The van der Waals surface area contributed by atoms with Crippen molar-refractivity contribution in [1.29, 1.82) is 0 Å². The fourth-order valence-electron chi connectivity index (χ4n) is 2.73. The molecule has 1 atom stereocenters. The predicted molar refractivity (Wildman–Crippen MR) is 80.9 cm³/mol. The minimum Gasteiger partial charge on any atom is -0.359 e. The lowest BCUT2D eigenvalue weighted by molar-refractivity contribution is -0.124. The Labute approximate surface area is 125 Å². The third-order valence-electron chi connectivity index (χ3n) is 4.19. The topological polar surface area (TPSA) is 70.2 Å². The largest absolute Gasteiger partial charge is 0.359 e. The first kappa shape index (κ1) is 14.3. The number of aromatic nitrogens is 2. The number of rotatable bonds is 5. The normalized spacial score (nSPS) is 22.1. The van der Waals surface area contributed by atoms with Gasteiger partial charge in [0.05, 0.1) is 5.92 Å². The van der Waals surface area contributed by atoms with Gasteiger partial charge in [-0.2, -0.15) is 0 Å². The highest BCUT2D eigenvalue weighted by atomic mass is 16.1. The lowest BCUT2D eigenvalue weighted by Crippen LogP contribution is -2.42. The van der Waals surface area contributed by atoms with E-state index in [-0.39, 0.29) is 11.8 Å². The second kappa shape index (κ2) is 6.39. The molecule has 1 saturated carbocycles. The number of nitrogens with zero attached hydrogens (tertiary/aromatic N) is 3. The molecule has 21 heavy (non-hydrogen) atoms. The van der Waals surface area contributed by atoms with Crippen LogP contribution in [0.25, 0.3) is 0 Å². The molecule has 0 bridgehead atoms. The first-order valence-corrected chi connectivity index (χ1v) is 7.77. The number of piperidine rings is 1. The second-order valence-corrected chi connectivity index (χ2v) is 5.95. The summed E-state index contributed by atoms with van der Waals surface area (Å²) in [4.78, 5) is 22.8. The summed E-state index contributed by atoms with van der Waals surface area (Å²) >= 11 is 0. The van der Waals surface area contributed by atoms with Crippen molar-refractivity contribution in [2.45, 2.75) is 38.3 Å². The molecule has 1 amide bonds. The zero-order valence-electron chi connectivity index (χ0n) is 12.5. The molecule has 1 unspecified atom stereocenters. The second-order valence-electron chi connectivity index (χ2n) is 5.95. The molecule has 1 aromatic heterocycles. The molecule has 2 N–H and O–H groups in total. The highest BCUT2D eigenvalue weighted by Gasteiger charge is 2.26. The van der Waals surface area contributed by atoms with Gasteiger partial charge in [0.1, 0.15) is 0 Å². The van der Waals surface area contributed by atoms with Crippen LogP contribution in [0.2, 0.25) is 0 Å². The molecule has 0 aromatic carbocycles. The molecule has 2 heterocycles. The Hall–Kier alpha value is -1.69. The smallest absolute Gasteiger partial charge is 0.225 e. The maximum Gasteiger partial charge on any atom is 0.225 e. The lowest BCUT2D eigenvalue weighted by atomic mass is 9.97.